The molecule has 2 aromatic heterocycles. The van der Waals surface area contributed by atoms with Crippen LogP contribution in [0.15, 0.2) is 16.9 Å². The minimum atomic E-state index is 0.130. The molecule has 2 saturated heterocycles. The summed E-state index contributed by atoms with van der Waals surface area (Å²) in [5, 5.41) is 12.8. The summed E-state index contributed by atoms with van der Waals surface area (Å²) in [6.45, 7) is 3.87. The Labute approximate surface area is 133 Å². The first-order valence-electron chi connectivity index (χ1n) is 8.20. The number of aromatic nitrogens is 4. The van der Waals surface area contributed by atoms with Gasteiger partial charge in [0.1, 0.15) is 18.5 Å². The van der Waals surface area contributed by atoms with E-state index in [1.165, 1.54) is 12.8 Å². The van der Waals surface area contributed by atoms with Gasteiger partial charge in [-0.05, 0) is 18.8 Å². The SMILES string of the molecule is c1cc(-c2nnc(N3C[C@@H]4OCCO[C@@H]4C3)n2CC2CC2)no1. The Balaban J connectivity index is 1.47. The number of ether oxygens (including phenoxy) is 2. The van der Waals surface area contributed by atoms with Gasteiger partial charge in [-0.25, -0.2) is 0 Å². The van der Waals surface area contributed by atoms with Crippen LogP contribution in [0.1, 0.15) is 12.8 Å². The average Bonchev–Trinajstić information content (AvgIpc) is 2.98. The molecule has 2 atom stereocenters. The predicted molar refractivity (Wildman–Crippen MR) is 79.9 cm³/mol. The van der Waals surface area contributed by atoms with E-state index in [0.29, 0.717) is 19.1 Å². The molecule has 8 heteroatoms. The van der Waals surface area contributed by atoms with Crippen molar-refractivity contribution in [1.29, 1.82) is 0 Å². The Morgan fingerprint density at radius 2 is 1.87 bits per heavy atom. The lowest BCUT2D eigenvalue weighted by atomic mass is 10.2. The van der Waals surface area contributed by atoms with Crippen LogP contribution in [0.2, 0.25) is 0 Å². The number of anilines is 1. The zero-order valence-corrected chi connectivity index (χ0v) is 12.8. The summed E-state index contributed by atoms with van der Waals surface area (Å²) in [4.78, 5) is 2.22. The van der Waals surface area contributed by atoms with Crippen LogP contribution in [0.25, 0.3) is 11.5 Å². The minimum absolute atomic E-state index is 0.130. The van der Waals surface area contributed by atoms with E-state index in [1.54, 1.807) is 6.26 Å². The molecule has 1 saturated carbocycles. The summed E-state index contributed by atoms with van der Waals surface area (Å²) in [5.41, 5.74) is 0.730. The summed E-state index contributed by atoms with van der Waals surface area (Å²) in [6, 6.07) is 1.83. The Morgan fingerprint density at radius 3 is 2.52 bits per heavy atom. The van der Waals surface area contributed by atoms with E-state index in [-0.39, 0.29) is 12.2 Å². The summed E-state index contributed by atoms with van der Waals surface area (Å²) < 4.78 is 18.8. The van der Waals surface area contributed by atoms with E-state index >= 15 is 0 Å². The van der Waals surface area contributed by atoms with E-state index < -0.39 is 0 Å². The van der Waals surface area contributed by atoms with Gasteiger partial charge in [-0.15, -0.1) is 10.2 Å². The van der Waals surface area contributed by atoms with E-state index in [4.69, 9.17) is 14.0 Å². The van der Waals surface area contributed by atoms with Crippen molar-refractivity contribution in [2.45, 2.75) is 31.6 Å². The monoisotopic (exact) mass is 317 g/mol. The predicted octanol–water partition coefficient (Wildman–Crippen LogP) is 0.947. The van der Waals surface area contributed by atoms with Gasteiger partial charge in [0.25, 0.3) is 0 Å². The lowest BCUT2D eigenvalue weighted by Crippen LogP contribution is -2.36. The highest BCUT2D eigenvalue weighted by Gasteiger charge is 2.39. The number of nitrogens with zero attached hydrogens (tertiary/aromatic N) is 5. The van der Waals surface area contributed by atoms with Gasteiger partial charge in [-0.1, -0.05) is 5.16 Å². The molecule has 0 radical (unpaired) electrons. The van der Waals surface area contributed by atoms with Crippen molar-refractivity contribution in [2.24, 2.45) is 5.92 Å². The summed E-state index contributed by atoms with van der Waals surface area (Å²) in [5.74, 6) is 2.38. The normalized spacial score (nSPS) is 27.4. The van der Waals surface area contributed by atoms with Crippen molar-refractivity contribution in [2.75, 3.05) is 31.2 Å². The van der Waals surface area contributed by atoms with Gasteiger partial charge in [0, 0.05) is 25.7 Å². The maximum Gasteiger partial charge on any atom is 0.227 e. The van der Waals surface area contributed by atoms with Crippen molar-refractivity contribution >= 4 is 5.95 Å². The van der Waals surface area contributed by atoms with Crippen molar-refractivity contribution in [3.63, 3.8) is 0 Å². The molecule has 0 bridgehead atoms. The smallest absolute Gasteiger partial charge is 0.227 e. The molecule has 122 valence electrons. The third-order valence-electron chi connectivity index (χ3n) is 4.78. The van der Waals surface area contributed by atoms with E-state index in [1.807, 2.05) is 6.07 Å². The Hall–Kier alpha value is -1.93. The molecule has 1 aliphatic carbocycles. The van der Waals surface area contributed by atoms with Gasteiger partial charge in [0.15, 0.2) is 11.5 Å². The topological polar surface area (TPSA) is 78.4 Å². The zero-order chi connectivity index (χ0) is 15.2. The fourth-order valence-corrected chi connectivity index (χ4v) is 3.40. The zero-order valence-electron chi connectivity index (χ0n) is 12.8. The van der Waals surface area contributed by atoms with Crippen molar-refractivity contribution in [3.05, 3.63) is 12.3 Å². The lowest BCUT2D eigenvalue weighted by Gasteiger charge is -2.24. The molecule has 2 aliphatic heterocycles. The Bertz CT molecular complexity index is 667. The van der Waals surface area contributed by atoms with Crippen molar-refractivity contribution < 1.29 is 14.0 Å². The fraction of sp³-hybridized carbons (Fsp3) is 0.667. The lowest BCUT2D eigenvalue weighted by molar-refractivity contribution is -0.116. The van der Waals surface area contributed by atoms with Crippen LogP contribution >= 0.6 is 0 Å². The van der Waals surface area contributed by atoms with Gasteiger partial charge in [0.05, 0.1) is 13.2 Å². The third-order valence-corrected chi connectivity index (χ3v) is 4.78. The van der Waals surface area contributed by atoms with Gasteiger partial charge < -0.3 is 18.9 Å². The molecule has 3 aliphatic rings. The van der Waals surface area contributed by atoms with Crippen LogP contribution in [-0.4, -0.2) is 58.4 Å². The van der Waals surface area contributed by atoms with Gasteiger partial charge >= 0.3 is 0 Å². The summed E-state index contributed by atoms with van der Waals surface area (Å²) in [6.07, 6.45) is 4.37. The largest absolute Gasteiger partial charge is 0.371 e. The van der Waals surface area contributed by atoms with Crippen LogP contribution < -0.4 is 4.90 Å². The van der Waals surface area contributed by atoms with Crippen LogP contribution in [0.4, 0.5) is 5.95 Å². The second-order valence-corrected chi connectivity index (χ2v) is 6.49. The van der Waals surface area contributed by atoms with E-state index in [2.05, 4.69) is 24.8 Å². The number of hydrogen-bond donors (Lipinski definition) is 0. The molecule has 8 nitrogen and oxygen atoms in total. The van der Waals surface area contributed by atoms with Gasteiger partial charge in [-0.3, -0.25) is 4.57 Å². The first-order chi connectivity index (χ1) is 11.4. The highest BCUT2D eigenvalue weighted by atomic mass is 16.6. The standard InChI is InChI=1S/C15H19N5O3/c1-2-10(1)7-20-14(11-3-4-23-18-11)16-17-15(20)19-8-12-13(9-19)22-6-5-21-12/h3-4,10,12-13H,1-2,5-9H2/t12-,13+. The summed E-state index contributed by atoms with van der Waals surface area (Å²) in [7, 11) is 0. The maximum absolute atomic E-state index is 5.81. The van der Waals surface area contributed by atoms with Crippen LogP contribution in [0.5, 0.6) is 0 Å². The van der Waals surface area contributed by atoms with Crippen molar-refractivity contribution in [1.82, 2.24) is 19.9 Å². The molecule has 0 unspecified atom stereocenters. The van der Waals surface area contributed by atoms with Crippen LogP contribution in [-0.2, 0) is 16.0 Å². The molecule has 4 heterocycles. The molecular weight excluding hydrogens is 298 g/mol. The highest BCUT2D eigenvalue weighted by Crippen LogP contribution is 2.35. The Kier molecular flexibility index (Phi) is 3.12. The first kappa shape index (κ1) is 13.5. The van der Waals surface area contributed by atoms with Gasteiger partial charge in [-0.2, -0.15) is 0 Å². The number of hydrogen-bond acceptors (Lipinski definition) is 7. The number of rotatable bonds is 4. The van der Waals surface area contributed by atoms with E-state index in [0.717, 1.165) is 37.1 Å². The molecule has 3 fully saturated rings. The molecule has 0 N–H and O–H groups in total. The molecule has 2 aromatic rings. The average molecular weight is 317 g/mol. The second kappa shape index (κ2) is 5.31. The van der Waals surface area contributed by atoms with E-state index in [9.17, 15) is 0 Å². The molecular formula is C15H19N5O3. The molecule has 23 heavy (non-hydrogen) atoms. The highest BCUT2D eigenvalue weighted by molar-refractivity contribution is 5.52. The first-order valence-corrected chi connectivity index (χ1v) is 8.20. The van der Waals surface area contributed by atoms with Gasteiger partial charge in [0.2, 0.25) is 5.95 Å². The molecule has 0 spiro atoms. The molecule has 0 aromatic carbocycles. The molecule has 5 rings (SSSR count). The Morgan fingerprint density at radius 1 is 1.09 bits per heavy atom. The number of fused-ring (bicyclic) bond motifs is 1. The fourth-order valence-electron chi connectivity index (χ4n) is 3.40. The summed E-state index contributed by atoms with van der Waals surface area (Å²) >= 11 is 0. The third kappa shape index (κ3) is 2.42. The second-order valence-electron chi connectivity index (χ2n) is 6.49. The minimum Gasteiger partial charge on any atom is -0.371 e. The van der Waals surface area contributed by atoms with Crippen LogP contribution in [0.3, 0.4) is 0 Å². The van der Waals surface area contributed by atoms with Crippen molar-refractivity contribution in [3.8, 4) is 11.5 Å². The maximum atomic E-state index is 5.81. The van der Waals surface area contributed by atoms with Crippen LogP contribution in [0, 0.1) is 5.92 Å². The molecule has 0 amide bonds. The quantitative estimate of drug-likeness (QED) is 0.830.